The number of likely N-dealkylation sites (N-methyl/N-ethyl adjacent to an activating group) is 1. The van der Waals surface area contributed by atoms with E-state index in [9.17, 15) is 9.59 Å². The molecule has 0 atom stereocenters. The lowest BCUT2D eigenvalue weighted by atomic mass is 9.73. The SMILES string of the molecule is CN1C(=O)C2(CCN(c3nc4c(c(=O)[nH]3)CCCN4)CC2)c2c(F)ccc(OCC3CCNCC3)c21. The van der Waals surface area contributed by atoms with E-state index in [0.29, 0.717) is 79.2 Å². The van der Waals surface area contributed by atoms with Crippen molar-refractivity contribution < 1.29 is 13.9 Å². The Morgan fingerprint density at radius 3 is 2.72 bits per heavy atom. The summed E-state index contributed by atoms with van der Waals surface area (Å²) in [6, 6.07) is 3.09. The number of carbonyl (C=O) groups is 1. The lowest BCUT2D eigenvalue weighted by Crippen LogP contribution is -2.49. The lowest BCUT2D eigenvalue weighted by molar-refractivity contribution is -0.123. The summed E-state index contributed by atoms with van der Waals surface area (Å²) in [7, 11) is 1.72. The zero-order valence-corrected chi connectivity index (χ0v) is 20.7. The van der Waals surface area contributed by atoms with Crippen LogP contribution in [0.4, 0.5) is 21.8 Å². The van der Waals surface area contributed by atoms with Gasteiger partial charge in [0.15, 0.2) is 0 Å². The number of anilines is 3. The van der Waals surface area contributed by atoms with Gasteiger partial charge in [0.2, 0.25) is 11.9 Å². The fourth-order valence-electron chi connectivity index (χ4n) is 6.29. The number of benzene rings is 1. The van der Waals surface area contributed by atoms with Crippen molar-refractivity contribution in [2.24, 2.45) is 5.92 Å². The molecule has 0 radical (unpaired) electrons. The molecule has 2 saturated heterocycles. The smallest absolute Gasteiger partial charge is 0.257 e. The van der Waals surface area contributed by atoms with Crippen LogP contribution < -0.4 is 30.7 Å². The molecule has 0 saturated carbocycles. The van der Waals surface area contributed by atoms with Crippen LogP contribution >= 0.6 is 0 Å². The fourth-order valence-corrected chi connectivity index (χ4v) is 6.29. The van der Waals surface area contributed by atoms with E-state index in [-0.39, 0.29) is 17.3 Å². The van der Waals surface area contributed by atoms with Gasteiger partial charge in [-0.15, -0.1) is 0 Å². The molecule has 2 aromatic rings. The van der Waals surface area contributed by atoms with Crippen LogP contribution in [0.15, 0.2) is 16.9 Å². The van der Waals surface area contributed by atoms with Crippen LogP contribution in [0.5, 0.6) is 5.75 Å². The van der Waals surface area contributed by atoms with Crippen molar-refractivity contribution in [1.29, 1.82) is 0 Å². The van der Waals surface area contributed by atoms with Crippen LogP contribution in [0.3, 0.4) is 0 Å². The number of rotatable bonds is 4. The van der Waals surface area contributed by atoms with Crippen LogP contribution in [0.2, 0.25) is 0 Å². The quantitative estimate of drug-likeness (QED) is 0.596. The summed E-state index contributed by atoms with van der Waals surface area (Å²) in [4.78, 5) is 37.4. The van der Waals surface area contributed by atoms with Crippen LogP contribution in [-0.4, -0.2) is 62.3 Å². The number of fused-ring (bicyclic) bond motifs is 3. The second-order valence-corrected chi connectivity index (χ2v) is 10.5. The molecule has 36 heavy (non-hydrogen) atoms. The Hall–Kier alpha value is -3.14. The molecule has 0 bridgehead atoms. The van der Waals surface area contributed by atoms with Gasteiger partial charge in [-0.25, -0.2) is 4.39 Å². The second-order valence-electron chi connectivity index (χ2n) is 10.5. The normalized spacial score (nSPS) is 21.3. The highest BCUT2D eigenvalue weighted by molar-refractivity contribution is 6.09. The Morgan fingerprint density at radius 1 is 1.17 bits per heavy atom. The Kier molecular flexibility index (Phi) is 5.86. The Labute approximate surface area is 209 Å². The van der Waals surface area contributed by atoms with E-state index in [2.05, 4.69) is 20.6 Å². The number of H-pyrrole nitrogens is 1. The van der Waals surface area contributed by atoms with Gasteiger partial charge in [-0.2, -0.15) is 4.98 Å². The molecule has 9 nitrogen and oxygen atoms in total. The molecule has 2 fully saturated rings. The van der Waals surface area contributed by atoms with Crippen molar-refractivity contribution in [2.45, 2.75) is 43.9 Å². The summed E-state index contributed by atoms with van der Waals surface area (Å²) in [5, 5.41) is 6.58. The maximum absolute atomic E-state index is 15.4. The topological polar surface area (TPSA) is 103 Å². The summed E-state index contributed by atoms with van der Waals surface area (Å²) in [5.74, 6) is 1.71. The van der Waals surface area contributed by atoms with Gasteiger partial charge in [-0.05, 0) is 69.7 Å². The molecule has 192 valence electrons. The van der Waals surface area contributed by atoms with Crippen molar-refractivity contribution in [3.63, 3.8) is 0 Å². The molecule has 0 aliphatic carbocycles. The van der Waals surface area contributed by atoms with E-state index < -0.39 is 5.41 Å². The highest BCUT2D eigenvalue weighted by atomic mass is 19.1. The molecular formula is C26H33FN6O3. The van der Waals surface area contributed by atoms with Crippen LogP contribution in [-0.2, 0) is 16.6 Å². The van der Waals surface area contributed by atoms with Gasteiger partial charge in [-0.3, -0.25) is 14.6 Å². The van der Waals surface area contributed by atoms with Crippen molar-refractivity contribution in [3.8, 4) is 5.75 Å². The van der Waals surface area contributed by atoms with Crippen molar-refractivity contribution in [3.05, 3.63) is 39.4 Å². The number of aromatic amines is 1. The van der Waals surface area contributed by atoms with Gasteiger partial charge in [0.25, 0.3) is 5.56 Å². The number of nitrogens with one attached hydrogen (secondary N) is 3. The van der Waals surface area contributed by atoms with Crippen molar-refractivity contribution >= 4 is 23.4 Å². The molecule has 1 amide bonds. The van der Waals surface area contributed by atoms with Gasteiger partial charge >= 0.3 is 0 Å². The number of piperidine rings is 2. The van der Waals surface area contributed by atoms with Crippen LogP contribution in [0.1, 0.15) is 43.2 Å². The molecule has 1 aromatic heterocycles. The summed E-state index contributed by atoms with van der Waals surface area (Å²) in [6.45, 7) is 4.29. The first-order valence-electron chi connectivity index (χ1n) is 13.0. The first kappa shape index (κ1) is 23.3. The Balaban J connectivity index is 1.26. The summed E-state index contributed by atoms with van der Waals surface area (Å²) >= 11 is 0. The van der Waals surface area contributed by atoms with Crippen LogP contribution in [0.25, 0.3) is 0 Å². The number of nitrogens with zero attached hydrogens (tertiary/aromatic N) is 3. The average Bonchev–Trinajstić information content (AvgIpc) is 3.12. The molecule has 5 heterocycles. The van der Waals surface area contributed by atoms with E-state index in [0.717, 1.165) is 38.9 Å². The van der Waals surface area contributed by atoms with E-state index in [1.165, 1.54) is 6.07 Å². The predicted molar refractivity (Wildman–Crippen MR) is 136 cm³/mol. The minimum Gasteiger partial charge on any atom is -0.491 e. The predicted octanol–water partition coefficient (Wildman–Crippen LogP) is 2.16. The Bertz CT molecular complexity index is 1230. The number of carbonyl (C=O) groups excluding carboxylic acids is 1. The lowest BCUT2D eigenvalue weighted by Gasteiger charge is -2.38. The molecule has 1 spiro atoms. The van der Waals surface area contributed by atoms with E-state index >= 15 is 4.39 Å². The van der Waals surface area contributed by atoms with Crippen molar-refractivity contribution in [1.82, 2.24) is 15.3 Å². The molecular weight excluding hydrogens is 463 g/mol. The summed E-state index contributed by atoms with van der Waals surface area (Å²) < 4.78 is 21.6. The zero-order chi connectivity index (χ0) is 24.9. The Morgan fingerprint density at radius 2 is 1.94 bits per heavy atom. The first-order valence-corrected chi connectivity index (χ1v) is 13.0. The third kappa shape index (κ3) is 3.73. The number of halogens is 1. The van der Waals surface area contributed by atoms with Gasteiger partial charge in [0.1, 0.15) is 17.4 Å². The third-order valence-electron chi connectivity index (χ3n) is 8.37. The van der Waals surface area contributed by atoms with Gasteiger partial charge in [0.05, 0.1) is 23.3 Å². The molecule has 10 heteroatoms. The molecule has 6 rings (SSSR count). The van der Waals surface area contributed by atoms with Crippen LogP contribution in [0, 0.1) is 11.7 Å². The monoisotopic (exact) mass is 496 g/mol. The standard InChI is InChI=1S/C26H33FN6O3/c1-32-21-19(36-15-16-6-11-28-12-7-16)5-4-18(27)20(21)26(24(32)35)8-13-33(14-9-26)25-30-22-17(23(34)31-25)3-2-10-29-22/h4-5,16,28H,2-3,6-15H2,1H3,(H2,29,30,31,34). The van der Waals surface area contributed by atoms with Gasteiger partial charge < -0.3 is 25.2 Å². The average molecular weight is 497 g/mol. The largest absolute Gasteiger partial charge is 0.491 e. The maximum atomic E-state index is 15.4. The maximum Gasteiger partial charge on any atom is 0.257 e. The second kappa shape index (κ2) is 9.06. The number of ether oxygens (including phenoxy) is 1. The molecule has 3 N–H and O–H groups in total. The summed E-state index contributed by atoms with van der Waals surface area (Å²) in [5.41, 5.74) is 0.647. The van der Waals surface area contributed by atoms with Gasteiger partial charge in [0, 0.05) is 32.2 Å². The van der Waals surface area contributed by atoms with E-state index in [1.54, 1.807) is 18.0 Å². The molecule has 4 aliphatic rings. The van der Waals surface area contributed by atoms with E-state index in [1.807, 2.05) is 4.90 Å². The zero-order valence-electron chi connectivity index (χ0n) is 20.7. The molecule has 1 aromatic carbocycles. The van der Waals surface area contributed by atoms with Crippen molar-refractivity contribution in [2.75, 3.05) is 61.5 Å². The minimum absolute atomic E-state index is 0.0949. The van der Waals surface area contributed by atoms with E-state index in [4.69, 9.17) is 4.74 Å². The molecule has 0 unspecified atom stereocenters. The van der Waals surface area contributed by atoms with Gasteiger partial charge in [-0.1, -0.05) is 0 Å². The number of hydrogen-bond donors (Lipinski definition) is 3. The fraction of sp³-hybridized carbons (Fsp3) is 0.577. The highest BCUT2D eigenvalue weighted by Crippen LogP contribution is 2.52. The number of hydrogen-bond acceptors (Lipinski definition) is 7. The molecule has 4 aliphatic heterocycles. The minimum atomic E-state index is -0.939. The third-order valence-corrected chi connectivity index (χ3v) is 8.37. The highest BCUT2D eigenvalue weighted by Gasteiger charge is 2.54. The summed E-state index contributed by atoms with van der Waals surface area (Å²) in [6.07, 6.45) is 4.59. The number of aromatic nitrogens is 2. The first-order chi connectivity index (χ1) is 17.5. The number of amides is 1.